The number of para-hydroxylation sites is 1. The molecule has 9 heteroatoms. The number of carbonyl (C=O) groups is 2. The lowest BCUT2D eigenvalue weighted by Crippen LogP contribution is -2.34. The molecule has 2 atom stereocenters. The molecule has 0 unspecified atom stereocenters. The van der Waals surface area contributed by atoms with Gasteiger partial charge >= 0.3 is 0 Å². The molecule has 8 nitrogen and oxygen atoms in total. The van der Waals surface area contributed by atoms with Crippen LogP contribution in [0.2, 0.25) is 0 Å². The summed E-state index contributed by atoms with van der Waals surface area (Å²) in [6.07, 6.45) is 4.36. The zero-order valence-electron chi connectivity index (χ0n) is 18.2. The predicted octanol–water partition coefficient (Wildman–Crippen LogP) is 4.80. The van der Waals surface area contributed by atoms with Gasteiger partial charge in [-0.1, -0.05) is 32.0 Å². The molecule has 1 saturated carbocycles. The summed E-state index contributed by atoms with van der Waals surface area (Å²) in [6.45, 7) is 0. The molecule has 0 bridgehead atoms. The Labute approximate surface area is 213 Å². The molecule has 1 aromatic heterocycles. The third-order valence-electron chi connectivity index (χ3n) is 5.78. The fraction of sp³-hybridized carbons (Fsp3) is 0.280. The molecule has 0 aliphatic heterocycles. The first-order valence-electron chi connectivity index (χ1n) is 10.7. The summed E-state index contributed by atoms with van der Waals surface area (Å²) < 4.78 is 0.859. The molecule has 2 amide bonds. The van der Waals surface area contributed by atoms with Gasteiger partial charge in [0.05, 0.1) is 9.49 Å². The van der Waals surface area contributed by atoms with Crippen LogP contribution in [0.3, 0.4) is 0 Å². The molecule has 1 aliphatic rings. The van der Waals surface area contributed by atoms with Gasteiger partial charge in [0.15, 0.2) is 0 Å². The Morgan fingerprint density at radius 2 is 1.79 bits per heavy atom. The second kappa shape index (κ2) is 11.3. The maximum Gasteiger partial charge on any atom is 0.258 e. The van der Waals surface area contributed by atoms with Crippen molar-refractivity contribution in [3.05, 3.63) is 69.9 Å². The van der Waals surface area contributed by atoms with E-state index in [1.807, 2.05) is 42.5 Å². The van der Waals surface area contributed by atoms with Gasteiger partial charge in [-0.15, -0.1) is 0 Å². The monoisotopic (exact) mass is 572 g/mol. The highest BCUT2D eigenvalue weighted by atomic mass is 127. The van der Waals surface area contributed by atoms with Crippen LogP contribution in [0.4, 0.5) is 23.1 Å². The molecule has 2 aromatic carbocycles. The van der Waals surface area contributed by atoms with Crippen molar-refractivity contribution >= 4 is 57.5 Å². The van der Waals surface area contributed by atoms with Crippen molar-refractivity contribution in [3.8, 4) is 0 Å². The third kappa shape index (κ3) is 5.82. The first-order chi connectivity index (χ1) is 15.9. The van der Waals surface area contributed by atoms with Crippen LogP contribution in [0.5, 0.6) is 0 Å². The summed E-state index contributed by atoms with van der Waals surface area (Å²) >= 11 is 2.17. The van der Waals surface area contributed by atoms with Crippen LogP contribution in [-0.2, 0) is 4.79 Å². The van der Waals surface area contributed by atoms with E-state index in [4.69, 9.17) is 5.73 Å². The van der Waals surface area contributed by atoms with Gasteiger partial charge in [-0.2, -0.15) is 4.98 Å². The van der Waals surface area contributed by atoms with E-state index in [0.29, 0.717) is 17.3 Å². The number of nitrogens with two attached hydrogens (primary N) is 1. The van der Waals surface area contributed by atoms with Gasteiger partial charge in [-0.05, 0) is 71.8 Å². The van der Waals surface area contributed by atoms with E-state index < -0.39 is 0 Å². The Hall–Kier alpha value is -3.21. The van der Waals surface area contributed by atoms with Gasteiger partial charge in [0, 0.05) is 36.2 Å². The van der Waals surface area contributed by atoms with Crippen molar-refractivity contribution < 1.29 is 9.59 Å². The molecule has 0 saturated heterocycles. The largest absolute Gasteiger partial charge is 0.369 e. The molecule has 34 heavy (non-hydrogen) atoms. The summed E-state index contributed by atoms with van der Waals surface area (Å²) in [5.74, 6) is 0.533. The van der Waals surface area contributed by atoms with E-state index in [-0.39, 0.29) is 31.2 Å². The number of rotatable bonds is 7. The number of amides is 2. The average molecular weight is 572 g/mol. The van der Waals surface area contributed by atoms with Crippen LogP contribution in [0.25, 0.3) is 0 Å². The maximum absolute atomic E-state index is 12.8. The predicted molar refractivity (Wildman–Crippen MR) is 144 cm³/mol. The highest BCUT2D eigenvalue weighted by Crippen LogP contribution is 2.29. The van der Waals surface area contributed by atoms with E-state index in [2.05, 4.69) is 43.2 Å². The zero-order valence-corrected chi connectivity index (χ0v) is 20.3. The Bertz CT molecular complexity index is 1140. The second-order valence-electron chi connectivity index (χ2n) is 7.98. The van der Waals surface area contributed by atoms with Crippen LogP contribution in [-0.4, -0.2) is 34.9 Å². The van der Waals surface area contributed by atoms with Gasteiger partial charge in [0.25, 0.3) is 5.91 Å². The number of carbonyl (C=O) groups excluding carboxylic acids is 2. The van der Waals surface area contributed by atoms with Crippen molar-refractivity contribution in [1.29, 1.82) is 0 Å². The third-order valence-corrected chi connectivity index (χ3v) is 6.57. The average Bonchev–Trinajstić information content (AvgIpc) is 3.30. The summed E-state index contributed by atoms with van der Waals surface area (Å²) in [6, 6.07) is 16.7. The fourth-order valence-electron chi connectivity index (χ4n) is 3.97. The summed E-state index contributed by atoms with van der Waals surface area (Å²) in [5, 5.41) is 6.54. The van der Waals surface area contributed by atoms with E-state index >= 15 is 0 Å². The van der Waals surface area contributed by atoms with Gasteiger partial charge in [-0.3, -0.25) is 9.59 Å². The number of nitrogens with one attached hydrogen (secondary N) is 2. The lowest BCUT2D eigenvalue weighted by atomic mass is 10.0. The molecule has 3 aromatic rings. The number of benzene rings is 2. The number of hydrogen-bond acceptors (Lipinski definition) is 6. The molecular weight excluding hydrogens is 543 g/mol. The Morgan fingerprint density at radius 1 is 1.09 bits per heavy atom. The number of primary amides is 1. The van der Waals surface area contributed by atoms with Crippen LogP contribution in [0.15, 0.2) is 60.8 Å². The molecule has 178 valence electrons. The van der Waals surface area contributed by atoms with Crippen molar-refractivity contribution in [2.75, 3.05) is 22.6 Å². The lowest BCUT2D eigenvalue weighted by Gasteiger charge is -2.20. The molecule has 1 fully saturated rings. The smallest absolute Gasteiger partial charge is 0.258 e. The van der Waals surface area contributed by atoms with Crippen molar-refractivity contribution in [3.63, 3.8) is 0 Å². The zero-order chi connectivity index (χ0) is 23.4. The van der Waals surface area contributed by atoms with Crippen molar-refractivity contribution in [2.45, 2.75) is 32.7 Å². The van der Waals surface area contributed by atoms with Crippen LogP contribution in [0.1, 0.15) is 37.0 Å². The molecular formula is C25H29IN6O2. The fourth-order valence-corrected chi connectivity index (χ4v) is 4.38. The standard InChI is InChI=1S/C24H25IN6O2.CH4/c1-31(17-6-3-2-4-7-17)23(33)15-10-12-16(13-11-15)28-24-27-14-19(25)22(30-24)29-20-9-5-8-18(20)21(26)32;/h2-4,6-7,10-14,18,20H,5,8-9H2,1H3,(H2,26,32)(H2,27,28,29,30);1H4/t18-,20+;/m0./s1. The number of hydrogen-bond donors (Lipinski definition) is 3. The number of anilines is 4. The first-order valence-corrected chi connectivity index (χ1v) is 11.8. The van der Waals surface area contributed by atoms with Crippen molar-refractivity contribution in [1.82, 2.24) is 9.97 Å². The summed E-state index contributed by atoms with van der Waals surface area (Å²) in [4.78, 5) is 35.0. The summed E-state index contributed by atoms with van der Waals surface area (Å²) in [5.41, 5.74) is 7.72. The minimum Gasteiger partial charge on any atom is -0.369 e. The Balaban J connectivity index is 0.00000324. The van der Waals surface area contributed by atoms with Crippen LogP contribution >= 0.6 is 22.6 Å². The minimum atomic E-state index is -0.278. The quantitative estimate of drug-likeness (QED) is 0.351. The second-order valence-corrected chi connectivity index (χ2v) is 9.15. The molecule has 4 rings (SSSR count). The molecule has 1 aliphatic carbocycles. The minimum absolute atomic E-state index is 0. The van der Waals surface area contributed by atoms with E-state index in [1.165, 1.54) is 0 Å². The molecule has 0 radical (unpaired) electrons. The van der Waals surface area contributed by atoms with Crippen LogP contribution < -0.4 is 21.3 Å². The lowest BCUT2D eigenvalue weighted by molar-refractivity contribution is -0.121. The van der Waals surface area contributed by atoms with Gasteiger partial charge in [0.2, 0.25) is 11.9 Å². The van der Waals surface area contributed by atoms with Crippen LogP contribution in [0, 0.1) is 9.49 Å². The maximum atomic E-state index is 12.8. The van der Waals surface area contributed by atoms with Gasteiger partial charge in [-0.25, -0.2) is 4.98 Å². The van der Waals surface area contributed by atoms with E-state index in [1.54, 1.807) is 30.3 Å². The van der Waals surface area contributed by atoms with Crippen molar-refractivity contribution in [2.24, 2.45) is 11.7 Å². The summed E-state index contributed by atoms with van der Waals surface area (Å²) in [7, 11) is 1.75. The normalized spacial score (nSPS) is 16.9. The number of aromatic nitrogens is 2. The molecule has 1 heterocycles. The van der Waals surface area contributed by atoms with Gasteiger partial charge in [0.1, 0.15) is 5.82 Å². The van der Waals surface area contributed by atoms with E-state index in [0.717, 1.165) is 34.2 Å². The molecule has 4 N–H and O–H groups in total. The SMILES string of the molecule is C.CN(C(=O)c1ccc(Nc2ncc(I)c(N[C@@H]3CCC[C@@H]3C(N)=O)n2)cc1)c1ccccc1. The topological polar surface area (TPSA) is 113 Å². The molecule has 0 spiro atoms. The van der Waals surface area contributed by atoms with Gasteiger partial charge < -0.3 is 21.3 Å². The Morgan fingerprint density at radius 3 is 2.47 bits per heavy atom. The van der Waals surface area contributed by atoms with E-state index in [9.17, 15) is 9.59 Å². The first kappa shape index (κ1) is 25.4. The number of nitrogens with zero attached hydrogens (tertiary/aromatic N) is 3. The Kier molecular flexibility index (Phi) is 8.43. The highest BCUT2D eigenvalue weighted by Gasteiger charge is 2.32. The highest BCUT2D eigenvalue weighted by molar-refractivity contribution is 14.1. The number of halogens is 1.